The highest BCUT2D eigenvalue weighted by Gasteiger charge is 2.16. The number of rotatable bonds is 6. The molecule has 0 aliphatic carbocycles. The lowest BCUT2D eigenvalue weighted by atomic mass is 10.1. The van der Waals surface area contributed by atoms with Crippen molar-refractivity contribution in [3.63, 3.8) is 0 Å². The van der Waals surface area contributed by atoms with E-state index in [2.05, 4.69) is 9.71 Å². The highest BCUT2D eigenvalue weighted by atomic mass is 32.2. The third-order valence-corrected chi connectivity index (χ3v) is 4.72. The molecular weight excluding hydrogens is 302 g/mol. The molecule has 0 unspecified atom stereocenters. The summed E-state index contributed by atoms with van der Waals surface area (Å²) < 4.78 is 25.4. The second-order valence-electron chi connectivity index (χ2n) is 4.82. The van der Waals surface area contributed by atoms with Gasteiger partial charge in [0, 0.05) is 31.6 Å². The van der Waals surface area contributed by atoms with Crippen LogP contribution in [0, 0.1) is 0 Å². The van der Waals surface area contributed by atoms with Gasteiger partial charge < -0.3 is 4.90 Å². The van der Waals surface area contributed by atoms with Gasteiger partial charge in [0.25, 0.3) is 0 Å². The number of sulfonamides is 1. The van der Waals surface area contributed by atoms with E-state index in [4.69, 9.17) is 0 Å². The van der Waals surface area contributed by atoms with Crippen LogP contribution in [0.4, 0.5) is 5.69 Å². The van der Waals surface area contributed by atoms with E-state index in [9.17, 15) is 13.2 Å². The van der Waals surface area contributed by atoms with Crippen molar-refractivity contribution in [2.45, 2.75) is 13.8 Å². The summed E-state index contributed by atoms with van der Waals surface area (Å²) in [7, 11) is -3.27. The molecule has 0 spiro atoms. The first-order valence-corrected chi connectivity index (χ1v) is 8.69. The lowest BCUT2D eigenvalue weighted by Crippen LogP contribution is -2.38. The third-order valence-electron chi connectivity index (χ3n) is 3.32. The summed E-state index contributed by atoms with van der Waals surface area (Å²) in [5, 5.41) is 0.931. The summed E-state index contributed by atoms with van der Waals surface area (Å²) in [5.41, 5.74) is 1.40. The Morgan fingerprint density at radius 1 is 1.27 bits per heavy atom. The number of nitrogens with one attached hydrogen (secondary N) is 1. The Bertz CT molecular complexity index is 769. The summed E-state index contributed by atoms with van der Waals surface area (Å²) in [6, 6.07) is 9.34. The number of carbonyl (C=O) groups is 1. The average Bonchev–Trinajstić information content (AvgIpc) is 2.51. The van der Waals surface area contributed by atoms with Crippen LogP contribution in [0.25, 0.3) is 10.9 Å². The minimum Gasteiger partial charge on any atom is -0.309 e. The Balaban J connectivity index is 2.26. The zero-order valence-corrected chi connectivity index (χ0v) is 13.4. The molecule has 0 fully saturated rings. The highest BCUT2D eigenvalue weighted by molar-refractivity contribution is 7.89. The standard InChI is InChI=1S/C15H19N3O3S/c1-3-22(20,21)17-10-11-18(12(2)19)14-8-4-6-13-7-5-9-16-15(13)14/h4-9,17H,3,10-11H2,1-2H3. The van der Waals surface area contributed by atoms with Crippen molar-refractivity contribution in [1.29, 1.82) is 0 Å². The minimum absolute atomic E-state index is 0.0168. The van der Waals surface area contributed by atoms with Gasteiger partial charge in [0.1, 0.15) is 0 Å². The fourth-order valence-electron chi connectivity index (χ4n) is 2.17. The molecule has 22 heavy (non-hydrogen) atoms. The van der Waals surface area contributed by atoms with Gasteiger partial charge in [-0.15, -0.1) is 0 Å². The third kappa shape index (κ3) is 3.80. The predicted octanol–water partition coefficient (Wildman–Crippen LogP) is 1.53. The lowest BCUT2D eigenvalue weighted by molar-refractivity contribution is -0.116. The van der Waals surface area contributed by atoms with Crippen molar-refractivity contribution >= 4 is 32.5 Å². The number of hydrogen-bond donors (Lipinski definition) is 1. The van der Waals surface area contributed by atoms with E-state index >= 15 is 0 Å². The molecule has 2 rings (SSSR count). The Morgan fingerprint density at radius 3 is 2.68 bits per heavy atom. The number of fused-ring (bicyclic) bond motifs is 1. The van der Waals surface area contributed by atoms with Crippen molar-refractivity contribution < 1.29 is 13.2 Å². The van der Waals surface area contributed by atoms with Crippen LogP contribution >= 0.6 is 0 Å². The quantitative estimate of drug-likeness (QED) is 0.875. The van der Waals surface area contributed by atoms with Gasteiger partial charge in [-0.25, -0.2) is 13.1 Å². The first-order valence-electron chi connectivity index (χ1n) is 7.04. The van der Waals surface area contributed by atoms with Crippen molar-refractivity contribution in [3.8, 4) is 0 Å². The van der Waals surface area contributed by atoms with Crippen molar-refractivity contribution in [1.82, 2.24) is 9.71 Å². The number of anilines is 1. The molecule has 0 saturated heterocycles. The van der Waals surface area contributed by atoms with Crippen LogP contribution in [0.5, 0.6) is 0 Å². The molecule has 1 amide bonds. The second-order valence-corrected chi connectivity index (χ2v) is 6.92. The van der Waals surface area contributed by atoms with Crippen LogP contribution in [0.2, 0.25) is 0 Å². The van der Waals surface area contributed by atoms with Crippen molar-refractivity contribution in [3.05, 3.63) is 36.5 Å². The molecule has 1 aromatic heterocycles. The summed E-state index contributed by atoms with van der Waals surface area (Å²) in [4.78, 5) is 17.8. The molecule has 2 aromatic rings. The van der Waals surface area contributed by atoms with Crippen molar-refractivity contribution in [2.24, 2.45) is 0 Å². The molecule has 1 N–H and O–H groups in total. The molecule has 1 heterocycles. The first-order chi connectivity index (χ1) is 10.4. The Morgan fingerprint density at radius 2 is 2.00 bits per heavy atom. The fraction of sp³-hybridized carbons (Fsp3) is 0.333. The van der Waals surface area contributed by atoms with Gasteiger partial charge in [0.2, 0.25) is 15.9 Å². The summed E-state index contributed by atoms with van der Waals surface area (Å²) in [5.74, 6) is -0.142. The zero-order chi connectivity index (χ0) is 16.2. The highest BCUT2D eigenvalue weighted by Crippen LogP contribution is 2.24. The SMILES string of the molecule is CCS(=O)(=O)NCCN(C(C)=O)c1cccc2cccnc12. The molecule has 118 valence electrons. The van der Waals surface area contributed by atoms with Crippen LogP contribution < -0.4 is 9.62 Å². The smallest absolute Gasteiger partial charge is 0.223 e. The number of para-hydroxylation sites is 1. The predicted molar refractivity (Wildman–Crippen MR) is 87.2 cm³/mol. The molecule has 0 atom stereocenters. The van der Waals surface area contributed by atoms with Crippen LogP contribution in [0.1, 0.15) is 13.8 Å². The number of carbonyl (C=O) groups excluding carboxylic acids is 1. The van der Waals surface area contributed by atoms with E-state index in [1.54, 1.807) is 13.1 Å². The number of aromatic nitrogens is 1. The summed E-state index contributed by atoms with van der Waals surface area (Å²) in [6.45, 7) is 3.44. The van der Waals surface area contributed by atoms with Crippen LogP contribution in [-0.4, -0.2) is 38.2 Å². The molecule has 0 saturated carbocycles. The number of benzene rings is 1. The van der Waals surface area contributed by atoms with E-state index in [-0.39, 0.29) is 24.7 Å². The van der Waals surface area contributed by atoms with Crippen LogP contribution in [-0.2, 0) is 14.8 Å². The topological polar surface area (TPSA) is 79.4 Å². The van der Waals surface area contributed by atoms with Crippen molar-refractivity contribution in [2.75, 3.05) is 23.7 Å². The second kappa shape index (κ2) is 6.85. The summed E-state index contributed by atoms with van der Waals surface area (Å²) in [6.07, 6.45) is 1.67. The molecule has 0 radical (unpaired) electrons. The normalized spacial score (nSPS) is 11.5. The van der Waals surface area contributed by atoms with E-state index in [0.29, 0.717) is 5.69 Å². The van der Waals surface area contributed by atoms with Gasteiger partial charge in [-0.2, -0.15) is 0 Å². The van der Waals surface area contributed by atoms with Gasteiger partial charge in [-0.1, -0.05) is 18.2 Å². The van der Waals surface area contributed by atoms with E-state index in [1.807, 2.05) is 30.3 Å². The molecule has 1 aromatic carbocycles. The number of pyridine rings is 1. The molecule has 6 nitrogen and oxygen atoms in total. The Hall–Kier alpha value is -1.99. The number of nitrogens with zero attached hydrogens (tertiary/aromatic N) is 2. The Labute approximate surface area is 130 Å². The monoisotopic (exact) mass is 321 g/mol. The first kappa shape index (κ1) is 16.4. The maximum absolute atomic E-state index is 11.9. The van der Waals surface area contributed by atoms with Gasteiger partial charge in [-0.3, -0.25) is 9.78 Å². The largest absolute Gasteiger partial charge is 0.309 e. The van der Waals surface area contributed by atoms with E-state index < -0.39 is 10.0 Å². The molecule has 0 aliphatic rings. The fourth-order valence-corrected chi connectivity index (χ4v) is 2.77. The van der Waals surface area contributed by atoms with E-state index in [1.165, 1.54) is 11.8 Å². The maximum atomic E-state index is 11.9. The molecule has 7 heteroatoms. The van der Waals surface area contributed by atoms with Gasteiger partial charge >= 0.3 is 0 Å². The zero-order valence-electron chi connectivity index (χ0n) is 12.6. The van der Waals surface area contributed by atoms with Gasteiger partial charge in [0.15, 0.2) is 0 Å². The number of amides is 1. The van der Waals surface area contributed by atoms with Crippen LogP contribution in [0.3, 0.4) is 0 Å². The Kier molecular flexibility index (Phi) is 5.10. The molecule has 0 aliphatic heterocycles. The van der Waals surface area contributed by atoms with E-state index in [0.717, 1.165) is 10.9 Å². The van der Waals surface area contributed by atoms with Gasteiger partial charge in [-0.05, 0) is 19.1 Å². The average molecular weight is 321 g/mol. The van der Waals surface area contributed by atoms with Crippen LogP contribution in [0.15, 0.2) is 36.5 Å². The maximum Gasteiger partial charge on any atom is 0.223 e. The summed E-state index contributed by atoms with van der Waals surface area (Å²) >= 11 is 0. The number of hydrogen-bond acceptors (Lipinski definition) is 4. The lowest BCUT2D eigenvalue weighted by Gasteiger charge is -2.22. The molecule has 0 bridgehead atoms. The minimum atomic E-state index is -3.27. The van der Waals surface area contributed by atoms with Gasteiger partial charge in [0.05, 0.1) is 17.0 Å². The molecular formula is C15H19N3O3S.